The van der Waals surface area contributed by atoms with Gasteiger partial charge in [0.2, 0.25) is 0 Å². The molecular weight excluding hydrogens is 296 g/mol. The van der Waals surface area contributed by atoms with E-state index in [4.69, 9.17) is 9.15 Å². The molecule has 118 valence electrons. The summed E-state index contributed by atoms with van der Waals surface area (Å²) in [6.07, 6.45) is 4.93. The van der Waals surface area contributed by atoms with Gasteiger partial charge in [-0.1, -0.05) is 12.2 Å². The molecule has 0 unspecified atom stereocenters. The number of hydrogen-bond acceptors (Lipinski definition) is 4. The molecule has 6 nitrogen and oxygen atoms in total. The smallest absolute Gasteiger partial charge is 0.290 e. The first-order valence-corrected chi connectivity index (χ1v) is 7.15. The van der Waals surface area contributed by atoms with Crippen LogP contribution in [0.4, 0.5) is 5.69 Å². The number of nitrogens with one attached hydrogen (secondary N) is 1. The molecule has 0 saturated heterocycles. The summed E-state index contributed by atoms with van der Waals surface area (Å²) in [4.78, 5) is 26.2. The maximum atomic E-state index is 12.4. The van der Waals surface area contributed by atoms with Crippen molar-refractivity contribution in [3.05, 3.63) is 60.6 Å². The van der Waals surface area contributed by atoms with Gasteiger partial charge in [-0.2, -0.15) is 0 Å². The Bertz CT molecular complexity index is 720. The van der Waals surface area contributed by atoms with Crippen molar-refractivity contribution < 1.29 is 18.7 Å². The molecule has 6 heteroatoms. The highest BCUT2D eigenvalue weighted by atomic mass is 16.5. The van der Waals surface area contributed by atoms with Crippen LogP contribution in [0.1, 0.15) is 10.6 Å². The molecule has 0 aliphatic carbocycles. The Morgan fingerprint density at radius 1 is 1.26 bits per heavy atom. The van der Waals surface area contributed by atoms with Crippen LogP contribution in [0, 0.1) is 0 Å². The summed E-state index contributed by atoms with van der Waals surface area (Å²) in [6, 6.07) is 9.57. The molecule has 1 aromatic heterocycles. The summed E-state index contributed by atoms with van der Waals surface area (Å²) in [6.45, 7) is 0.375. The van der Waals surface area contributed by atoms with E-state index >= 15 is 0 Å². The van der Waals surface area contributed by atoms with E-state index in [9.17, 15) is 9.59 Å². The van der Waals surface area contributed by atoms with Crippen molar-refractivity contribution in [2.75, 3.05) is 19.0 Å². The molecule has 2 amide bonds. The number of carbonyl (C=O) groups excluding carboxylic acids is 2. The SMILES string of the molecule is COc1ccc(NC(=O)[C@H]2C=CCN2C(=O)c2ccco2)cc1. The number of carbonyl (C=O) groups is 2. The number of hydrogen-bond donors (Lipinski definition) is 1. The molecule has 2 heterocycles. The zero-order valence-electron chi connectivity index (χ0n) is 12.6. The Labute approximate surface area is 133 Å². The first-order chi connectivity index (χ1) is 11.2. The average Bonchev–Trinajstić information content (AvgIpc) is 3.26. The molecular formula is C17H16N2O4. The van der Waals surface area contributed by atoms with E-state index < -0.39 is 6.04 Å². The molecule has 1 aliphatic heterocycles. The zero-order chi connectivity index (χ0) is 16.2. The quantitative estimate of drug-likeness (QED) is 0.879. The van der Waals surface area contributed by atoms with Crippen LogP contribution in [0.25, 0.3) is 0 Å². The third-order valence-electron chi connectivity index (χ3n) is 3.58. The molecule has 2 aromatic rings. The lowest BCUT2D eigenvalue weighted by Crippen LogP contribution is -2.43. The zero-order valence-corrected chi connectivity index (χ0v) is 12.6. The summed E-state index contributed by atoms with van der Waals surface area (Å²) >= 11 is 0. The minimum absolute atomic E-state index is 0.218. The maximum absolute atomic E-state index is 12.4. The van der Waals surface area contributed by atoms with Crippen molar-refractivity contribution in [2.45, 2.75) is 6.04 Å². The van der Waals surface area contributed by atoms with Gasteiger partial charge in [-0.3, -0.25) is 9.59 Å². The Morgan fingerprint density at radius 2 is 2.04 bits per heavy atom. The van der Waals surface area contributed by atoms with Crippen LogP contribution in [-0.4, -0.2) is 36.4 Å². The lowest BCUT2D eigenvalue weighted by Gasteiger charge is -2.22. The second-order valence-corrected chi connectivity index (χ2v) is 5.03. The van der Waals surface area contributed by atoms with Gasteiger partial charge in [0.25, 0.3) is 11.8 Å². The van der Waals surface area contributed by atoms with Gasteiger partial charge in [0.05, 0.1) is 13.4 Å². The van der Waals surface area contributed by atoms with Gasteiger partial charge in [-0.05, 0) is 36.4 Å². The van der Waals surface area contributed by atoms with Gasteiger partial charge in [-0.15, -0.1) is 0 Å². The second kappa shape index (κ2) is 6.39. The van der Waals surface area contributed by atoms with E-state index in [0.717, 1.165) is 0 Å². The molecule has 0 radical (unpaired) electrons. The van der Waals surface area contributed by atoms with Gasteiger partial charge < -0.3 is 19.4 Å². The highest BCUT2D eigenvalue weighted by molar-refractivity contribution is 6.01. The van der Waals surface area contributed by atoms with Crippen LogP contribution in [0.5, 0.6) is 5.75 Å². The summed E-state index contributed by atoms with van der Waals surface area (Å²) in [5.74, 6) is 0.341. The number of benzene rings is 1. The lowest BCUT2D eigenvalue weighted by atomic mass is 10.2. The van der Waals surface area contributed by atoms with Gasteiger partial charge in [0.15, 0.2) is 5.76 Å². The number of rotatable bonds is 4. The number of amides is 2. The summed E-state index contributed by atoms with van der Waals surface area (Å²) < 4.78 is 10.2. The average molecular weight is 312 g/mol. The normalized spacial score (nSPS) is 16.4. The van der Waals surface area contributed by atoms with E-state index in [1.807, 2.05) is 0 Å². The van der Waals surface area contributed by atoms with Gasteiger partial charge >= 0.3 is 0 Å². The third kappa shape index (κ3) is 3.11. The van der Waals surface area contributed by atoms with Crippen LogP contribution in [0.15, 0.2) is 59.2 Å². The number of furan rings is 1. The van der Waals surface area contributed by atoms with Crippen LogP contribution in [0.3, 0.4) is 0 Å². The fraction of sp³-hybridized carbons (Fsp3) is 0.176. The monoisotopic (exact) mass is 312 g/mol. The van der Waals surface area contributed by atoms with Crippen molar-refractivity contribution in [3.63, 3.8) is 0 Å². The third-order valence-corrected chi connectivity index (χ3v) is 3.58. The van der Waals surface area contributed by atoms with E-state index in [1.54, 1.807) is 55.7 Å². The Hall–Kier alpha value is -3.02. The first-order valence-electron chi connectivity index (χ1n) is 7.15. The molecule has 0 spiro atoms. The molecule has 1 aromatic carbocycles. The summed E-state index contributed by atoms with van der Waals surface area (Å²) in [5, 5.41) is 2.80. The molecule has 3 rings (SSSR count). The van der Waals surface area contributed by atoms with Crippen LogP contribution in [-0.2, 0) is 4.79 Å². The van der Waals surface area contributed by atoms with Crippen LogP contribution >= 0.6 is 0 Å². The summed E-state index contributed by atoms with van der Waals surface area (Å²) in [7, 11) is 1.58. The van der Waals surface area contributed by atoms with E-state index in [1.165, 1.54) is 11.2 Å². The van der Waals surface area contributed by atoms with Gasteiger partial charge in [-0.25, -0.2) is 0 Å². The molecule has 23 heavy (non-hydrogen) atoms. The highest BCUT2D eigenvalue weighted by Gasteiger charge is 2.32. The van der Waals surface area contributed by atoms with Crippen LogP contribution < -0.4 is 10.1 Å². The molecule has 1 aliphatic rings. The van der Waals surface area contributed by atoms with Crippen molar-refractivity contribution in [1.29, 1.82) is 0 Å². The standard InChI is InChI=1S/C17H16N2O4/c1-22-13-8-6-12(7-9-13)18-16(20)14-4-2-10-19(14)17(21)15-5-3-11-23-15/h2-9,11,14H,10H2,1H3,(H,18,20)/t14-/m1/s1. The molecule has 1 atom stereocenters. The maximum Gasteiger partial charge on any atom is 0.290 e. The second-order valence-electron chi connectivity index (χ2n) is 5.03. The number of ether oxygens (including phenoxy) is 1. The molecule has 0 fully saturated rings. The predicted octanol–water partition coefficient (Wildman–Crippen LogP) is 2.31. The van der Waals surface area contributed by atoms with Crippen molar-refractivity contribution >= 4 is 17.5 Å². The van der Waals surface area contributed by atoms with E-state index in [0.29, 0.717) is 18.0 Å². The van der Waals surface area contributed by atoms with Gasteiger partial charge in [0.1, 0.15) is 11.8 Å². The van der Waals surface area contributed by atoms with E-state index in [2.05, 4.69) is 5.32 Å². The van der Waals surface area contributed by atoms with Crippen molar-refractivity contribution in [2.24, 2.45) is 0 Å². The molecule has 1 N–H and O–H groups in total. The van der Waals surface area contributed by atoms with Gasteiger partial charge in [0, 0.05) is 12.2 Å². The van der Waals surface area contributed by atoms with Crippen molar-refractivity contribution in [1.82, 2.24) is 4.90 Å². The predicted molar refractivity (Wildman–Crippen MR) is 84.3 cm³/mol. The topological polar surface area (TPSA) is 71.8 Å². The van der Waals surface area contributed by atoms with E-state index in [-0.39, 0.29) is 17.6 Å². The minimum Gasteiger partial charge on any atom is -0.497 e. The summed E-state index contributed by atoms with van der Waals surface area (Å²) in [5.41, 5.74) is 0.640. The highest BCUT2D eigenvalue weighted by Crippen LogP contribution is 2.19. The molecule has 0 bridgehead atoms. The van der Waals surface area contributed by atoms with Crippen LogP contribution in [0.2, 0.25) is 0 Å². The Morgan fingerprint density at radius 3 is 2.70 bits per heavy atom. The number of anilines is 1. The number of methoxy groups -OCH3 is 1. The fourth-order valence-electron chi connectivity index (χ4n) is 2.39. The number of nitrogens with zero attached hydrogens (tertiary/aromatic N) is 1. The lowest BCUT2D eigenvalue weighted by molar-refractivity contribution is -0.118. The Balaban J connectivity index is 1.70. The first kappa shape index (κ1) is 14.9. The Kier molecular flexibility index (Phi) is 4.14. The fourth-order valence-corrected chi connectivity index (χ4v) is 2.39. The minimum atomic E-state index is -0.658. The largest absolute Gasteiger partial charge is 0.497 e. The van der Waals surface area contributed by atoms with Crippen molar-refractivity contribution in [3.8, 4) is 5.75 Å². The molecule has 0 saturated carbocycles.